The van der Waals surface area contributed by atoms with Crippen LogP contribution in [0.5, 0.6) is 17.2 Å². The molecule has 0 aliphatic rings. The van der Waals surface area contributed by atoms with Crippen LogP contribution in [0.25, 0.3) is 0 Å². The summed E-state index contributed by atoms with van der Waals surface area (Å²) in [6, 6.07) is 3.78. The molecule has 20 heavy (non-hydrogen) atoms. The molecule has 1 aromatic rings. The van der Waals surface area contributed by atoms with Gasteiger partial charge in [0.25, 0.3) is 0 Å². The van der Waals surface area contributed by atoms with Crippen molar-refractivity contribution in [2.45, 2.75) is 19.9 Å². The fourth-order valence-electron chi connectivity index (χ4n) is 1.90. The van der Waals surface area contributed by atoms with E-state index in [-0.39, 0.29) is 0 Å². The van der Waals surface area contributed by atoms with Crippen LogP contribution >= 0.6 is 0 Å². The summed E-state index contributed by atoms with van der Waals surface area (Å²) in [5.74, 6) is 2.17. The Labute approximate surface area is 121 Å². The molecular formula is C15H25NO4. The molecule has 114 valence electrons. The van der Waals surface area contributed by atoms with Crippen LogP contribution in [0.1, 0.15) is 18.9 Å². The lowest BCUT2D eigenvalue weighted by molar-refractivity contribution is 0.144. The van der Waals surface area contributed by atoms with Gasteiger partial charge in [-0.05, 0) is 26.0 Å². The molecule has 0 fully saturated rings. The molecular weight excluding hydrogens is 258 g/mol. The van der Waals surface area contributed by atoms with Crippen molar-refractivity contribution in [1.82, 2.24) is 5.32 Å². The summed E-state index contributed by atoms with van der Waals surface area (Å²) >= 11 is 0. The van der Waals surface area contributed by atoms with Crippen molar-refractivity contribution in [3.8, 4) is 17.2 Å². The van der Waals surface area contributed by atoms with Crippen LogP contribution in [0.2, 0.25) is 0 Å². The van der Waals surface area contributed by atoms with Crippen LogP contribution in [0.4, 0.5) is 0 Å². The molecule has 5 nitrogen and oxygen atoms in total. The zero-order chi connectivity index (χ0) is 14.8. The smallest absolute Gasteiger partial charge is 0.164 e. The molecule has 0 radical (unpaired) electrons. The van der Waals surface area contributed by atoms with E-state index in [0.29, 0.717) is 11.5 Å². The fraction of sp³-hybridized carbons (Fsp3) is 0.600. The van der Waals surface area contributed by atoms with E-state index in [2.05, 4.69) is 5.32 Å². The van der Waals surface area contributed by atoms with Gasteiger partial charge in [-0.25, -0.2) is 0 Å². The van der Waals surface area contributed by atoms with Gasteiger partial charge < -0.3 is 24.3 Å². The second-order valence-electron chi connectivity index (χ2n) is 4.25. The highest BCUT2D eigenvalue weighted by molar-refractivity contribution is 5.50. The summed E-state index contributed by atoms with van der Waals surface area (Å²) in [7, 11) is 4.90. The molecule has 0 saturated carbocycles. The number of benzene rings is 1. The van der Waals surface area contributed by atoms with Gasteiger partial charge in [0.15, 0.2) is 11.5 Å². The monoisotopic (exact) mass is 283 g/mol. The molecule has 0 bridgehead atoms. The molecule has 0 aromatic heterocycles. The topological polar surface area (TPSA) is 49.0 Å². The van der Waals surface area contributed by atoms with Gasteiger partial charge in [0.05, 0.1) is 21.3 Å². The van der Waals surface area contributed by atoms with Gasteiger partial charge in [0.2, 0.25) is 0 Å². The minimum atomic E-state index is 0.671. The lowest BCUT2D eigenvalue weighted by Crippen LogP contribution is -2.17. The van der Waals surface area contributed by atoms with Crippen LogP contribution in [0.3, 0.4) is 0 Å². The first-order valence-electron chi connectivity index (χ1n) is 6.84. The summed E-state index contributed by atoms with van der Waals surface area (Å²) in [6.45, 7) is 5.17. The van der Waals surface area contributed by atoms with Crippen LogP contribution in [0.15, 0.2) is 12.1 Å². The van der Waals surface area contributed by atoms with Gasteiger partial charge in [-0.1, -0.05) is 0 Å². The number of ether oxygens (including phenoxy) is 4. The highest BCUT2D eigenvalue weighted by Crippen LogP contribution is 2.34. The van der Waals surface area contributed by atoms with Crippen molar-refractivity contribution in [3.63, 3.8) is 0 Å². The number of hydrogen-bond donors (Lipinski definition) is 1. The molecule has 1 rings (SSSR count). The van der Waals surface area contributed by atoms with Crippen molar-refractivity contribution < 1.29 is 18.9 Å². The number of nitrogens with one attached hydrogen (secondary N) is 1. The zero-order valence-electron chi connectivity index (χ0n) is 12.8. The molecule has 0 amide bonds. The second-order valence-corrected chi connectivity index (χ2v) is 4.25. The van der Waals surface area contributed by atoms with E-state index in [1.165, 1.54) is 0 Å². The molecule has 1 N–H and O–H groups in total. The molecule has 0 aliphatic carbocycles. The van der Waals surface area contributed by atoms with Crippen LogP contribution in [0, 0.1) is 0 Å². The Bertz CT molecular complexity index is 396. The third-order valence-electron chi connectivity index (χ3n) is 2.95. The van der Waals surface area contributed by atoms with E-state index >= 15 is 0 Å². The molecule has 0 atom stereocenters. The van der Waals surface area contributed by atoms with Crippen molar-refractivity contribution in [1.29, 1.82) is 0 Å². The predicted octanol–water partition coefficient (Wildman–Crippen LogP) is 2.23. The summed E-state index contributed by atoms with van der Waals surface area (Å²) < 4.78 is 21.2. The van der Waals surface area contributed by atoms with Gasteiger partial charge in [-0.3, -0.25) is 0 Å². The summed E-state index contributed by atoms with van der Waals surface area (Å²) in [6.07, 6.45) is 0.990. The normalized spacial score (nSPS) is 10.4. The highest BCUT2D eigenvalue weighted by Gasteiger charge is 2.11. The Morgan fingerprint density at radius 1 is 0.950 bits per heavy atom. The molecule has 0 heterocycles. The van der Waals surface area contributed by atoms with Gasteiger partial charge in [0, 0.05) is 31.4 Å². The van der Waals surface area contributed by atoms with E-state index in [1.54, 1.807) is 21.3 Å². The van der Waals surface area contributed by atoms with E-state index in [4.69, 9.17) is 18.9 Å². The van der Waals surface area contributed by atoms with E-state index in [1.807, 2.05) is 19.1 Å². The first kappa shape index (κ1) is 16.6. The van der Waals surface area contributed by atoms with Gasteiger partial charge in [-0.2, -0.15) is 0 Å². The summed E-state index contributed by atoms with van der Waals surface area (Å²) in [5, 5.41) is 3.37. The van der Waals surface area contributed by atoms with Crippen LogP contribution in [-0.4, -0.2) is 41.1 Å². The maximum Gasteiger partial charge on any atom is 0.164 e. The Morgan fingerprint density at radius 3 is 2.20 bits per heavy atom. The van der Waals surface area contributed by atoms with Gasteiger partial charge in [-0.15, -0.1) is 0 Å². The Hall–Kier alpha value is -1.46. The number of rotatable bonds is 10. The van der Waals surface area contributed by atoms with E-state index in [9.17, 15) is 0 Å². The van der Waals surface area contributed by atoms with Gasteiger partial charge >= 0.3 is 0 Å². The Morgan fingerprint density at radius 2 is 1.60 bits per heavy atom. The maximum absolute atomic E-state index is 5.38. The molecule has 0 aliphatic heterocycles. The van der Waals surface area contributed by atoms with Crippen molar-refractivity contribution in [2.24, 2.45) is 0 Å². The zero-order valence-corrected chi connectivity index (χ0v) is 12.8. The van der Waals surface area contributed by atoms with E-state index < -0.39 is 0 Å². The Kier molecular flexibility index (Phi) is 7.84. The van der Waals surface area contributed by atoms with Gasteiger partial charge in [0.1, 0.15) is 5.75 Å². The summed E-state index contributed by atoms with van der Waals surface area (Å²) in [5.41, 5.74) is 1.04. The first-order chi connectivity index (χ1) is 9.76. The molecule has 0 unspecified atom stereocenters. The van der Waals surface area contributed by atoms with Crippen molar-refractivity contribution in [2.75, 3.05) is 41.1 Å². The molecule has 1 aromatic carbocycles. The lowest BCUT2D eigenvalue weighted by atomic mass is 10.1. The highest BCUT2D eigenvalue weighted by atomic mass is 16.5. The second kappa shape index (κ2) is 9.44. The first-order valence-corrected chi connectivity index (χ1v) is 6.84. The quantitative estimate of drug-likeness (QED) is 0.667. The van der Waals surface area contributed by atoms with Crippen LogP contribution < -0.4 is 19.5 Å². The Balaban J connectivity index is 2.59. The van der Waals surface area contributed by atoms with Crippen molar-refractivity contribution in [3.05, 3.63) is 17.7 Å². The minimum absolute atomic E-state index is 0.671. The minimum Gasteiger partial charge on any atom is -0.496 e. The third kappa shape index (κ3) is 4.90. The molecule has 5 heteroatoms. The average Bonchev–Trinajstić information content (AvgIpc) is 2.49. The lowest BCUT2D eigenvalue weighted by Gasteiger charge is -2.14. The average molecular weight is 283 g/mol. The number of methoxy groups -OCH3 is 3. The molecule has 0 saturated heterocycles. The maximum atomic E-state index is 5.38. The fourth-order valence-corrected chi connectivity index (χ4v) is 1.90. The SMILES string of the molecule is CCOCCCNCc1cc(OC)c(OC)cc1OC. The third-order valence-corrected chi connectivity index (χ3v) is 2.95. The number of hydrogen-bond acceptors (Lipinski definition) is 5. The largest absolute Gasteiger partial charge is 0.496 e. The predicted molar refractivity (Wildman–Crippen MR) is 78.9 cm³/mol. The van der Waals surface area contributed by atoms with E-state index in [0.717, 1.165) is 44.0 Å². The summed E-state index contributed by atoms with van der Waals surface area (Å²) in [4.78, 5) is 0. The molecule has 0 spiro atoms. The standard InChI is InChI=1S/C15H25NO4/c1-5-20-8-6-7-16-11-12-9-14(18-3)15(19-4)10-13(12)17-2/h9-10,16H,5-8,11H2,1-4H3. The van der Waals surface area contributed by atoms with Crippen molar-refractivity contribution >= 4 is 0 Å². The van der Waals surface area contributed by atoms with Crippen LogP contribution in [-0.2, 0) is 11.3 Å².